The van der Waals surface area contributed by atoms with Crippen molar-refractivity contribution in [2.45, 2.75) is 13.5 Å². The van der Waals surface area contributed by atoms with Gasteiger partial charge in [0.25, 0.3) is 5.91 Å². The number of nitrogens with zero attached hydrogens (tertiary/aromatic N) is 2. The lowest BCUT2D eigenvalue weighted by Gasteiger charge is -2.06. The molecule has 2 amide bonds. The Morgan fingerprint density at radius 3 is 2.67 bits per heavy atom. The maximum atomic E-state index is 14.0. The zero-order chi connectivity index (χ0) is 19.4. The van der Waals surface area contributed by atoms with Crippen LogP contribution in [0.1, 0.15) is 22.8 Å². The van der Waals surface area contributed by atoms with Gasteiger partial charge >= 0.3 is 0 Å². The lowest BCUT2D eigenvalue weighted by Crippen LogP contribution is -2.18. The van der Waals surface area contributed by atoms with Crippen molar-refractivity contribution in [3.63, 3.8) is 0 Å². The van der Waals surface area contributed by atoms with Gasteiger partial charge in [-0.1, -0.05) is 18.2 Å². The zero-order valence-electron chi connectivity index (χ0n) is 14.3. The molecule has 3 rings (SSSR count). The molecule has 1 aromatic heterocycles. The summed E-state index contributed by atoms with van der Waals surface area (Å²) in [6, 6.07) is 9.99. The monoisotopic (exact) mass is 387 g/mol. The first-order chi connectivity index (χ1) is 12.9. The Morgan fingerprint density at radius 1 is 1.15 bits per heavy atom. The van der Waals surface area contributed by atoms with Crippen LogP contribution in [0.25, 0.3) is 0 Å². The second-order valence-electron chi connectivity index (χ2n) is 5.70. The fraction of sp³-hybridized carbons (Fsp3) is 0.105. The van der Waals surface area contributed by atoms with Crippen molar-refractivity contribution >= 4 is 28.8 Å². The van der Waals surface area contributed by atoms with Gasteiger partial charge in [0.15, 0.2) is 4.80 Å². The first-order valence-electron chi connectivity index (χ1n) is 7.97. The van der Waals surface area contributed by atoms with E-state index in [0.717, 1.165) is 6.07 Å². The summed E-state index contributed by atoms with van der Waals surface area (Å²) in [5.41, 5.74) is 0.489. The van der Waals surface area contributed by atoms with E-state index in [-0.39, 0.29) is 23.8 Å². The summed E-state index contributed by atoms with van der Waals surface area (Å²) >= 11 is 1.18. The zero-order valence-corrected chi connectivity index (χ0v) is 15.1. The minimum atomic E-state index is -0.788. The normalized spacial score (nSPS) is 11.4. The molecule has 5 nitrogen and oxygen atoms in total. The van der Waals surface area contributed by atoms with Gasteiger partial charge in [-0.15, -0.1) is 11.3 Å². The van der Waals surface area contributed by atoms with Crippen molar-refractivity contribution < 1.29 is 18.4 Å². The summed E-state index contributed by atoms with van der Waals surface area (Å²) < 4.78 is 29.5. The minimum Gasteiger partial charge on any atom is -0.326 e. The van der Waals surface area contributed by atoms with E-state index >= 15 is 0 Å². The number of nitrogens with one attached hydrogen (secondary N) is 1. The molecule has 0 spiro atoms. The van der Waals surface area contributed by atoms with Crippen LogP contribution in [0.5, 0.6) is 0 Å². The fourth-order valence-electron chi connectivity index (χ4n) is 2.43. The summed E-state index contributed by atoms with van der Waals surface area (Å²) in [4.78, 5) is 27.9. The molecule has 0 atom stereocenters. The maximum Gasteiger partial charge on any atom is 0.282 e. The number of aromatic nitrogens is 1. The second kappa shape index (κ2) is 8.05. The SMILES string of the molecule is CC(=O)Nc1ccc(F)c(C(=O)N=c2sccn2Cc2ccccc2F)c1. The molecule has 0 saturated carbocycles. The van der Waals surface area contributed by atoms with E-state index in [0.29, 0.717) is 16.1 Å². The number of amides is 2. The van der Waals surface area contributed by atoms with Crippen LogP contribution in [0.15, 0.2) is 59.0 Å². The Hall–Kier alpha value is -3.13. The van der Waals surface area contributed by atoms with E-state index in [1.807, 2.05) is 0 Å². The third kappa shape index (κ3) is 4.53. The van der Waals surface area contributed by atoms with E-state index in [1.54, 1.807) is 34.3 Å². The van der Waals surface area contributed by atoms with E-state index in [2.05, 4.69) is 10.3 Å². The lowest BCUT2D eigenvalue weighted by atomic mass is 10.1. The van der Waals surface area contributed by atoms with Crippen LogP contribution in [0.4, 0.5) is 14.5 Å². The first-order valence-corrected chi connectivity index (χ1v) is 8.85. The molecule has 138 valence electrons. The number of rotatable bonds is 4. The quantitative estimate of drug-likeness (QED) is 0.744. The van der Waals surface area contributed by atoms with Gasteiger partial charge in [0.2, 0.25) is 5.91 Å². The molecule has 0 aliphatic rings. The number of hydrogen-bond donors (Lipinski definition) is 1. The molecule has 1 heterocycles. The van der Waals surface area contributed by atoms with Crippen molar-refractivity contribution in [1.82, 2.24) is 4.57 Å². The average molecular weight is 387 g/mol. The predicted molar refractivity (Wildman–Crippen MR) is 98.4 cm³/mol. The molecule has 8 heteroatoms. The Labute approximate surface area is 157 Å². The van der Waals surface area contributed by atoms with Gasteiger partial charge in [0.05, 0.1) is 12.1 Å². The molecule has 1 N–H and O–H groups in total. The second-order valence-corrected chi connectivity index (χ2v) is 6.57. The summed E-state index contributed by atoms with van der Waals surface area (Å²) in [5.74, 6) is -2.22. The fourth-order valence-corrected chi connectivity index (χ4v) is 3.16. The molecule has 0 unspecified atom stereocenters. The van der Waals surface area contributed by atoms with Crippen molar-refractivity contribution in [2.24, 2.45) is 4.99 Å². The smallest absolute Gasteiger partial charge is 0.282 e. The summed E-state index contributed by atoms with van der Waals surface area (Å²) in [6.07, 6.45) is 1.67. The van der Waals surface area contributed by atoms with Gasteiger partial charge in [-0.05, 0) is 24.3 Å². The molecular weight excluding hydrogens is 372 g/mol. The number of hydrogen-bond acceptors (Lipinski definition) is 3. The van der Waals surface area contributed by atoms with Gasteiger partial charge in [-0.3, -0.25) is 9.59 Å². The van der Waals surface area contributed by atoms with E-state index in [4.69, 9.17) is 0 Å². The summed E-state index contributed by atoms with van der Waals surface area (Å²) in [6.45, 7) is 1.50. The Balaban J connectivity index is 1.92. The molecule has 0 saturated heterocycles. The molecule has 0 bridgehead atoms. The topological polar surface area (TPSA) is 63.5 Å². The highest BCUT2D eigenvalue weighted by atomic mass is 32.1. The third-order valence-corrected chi connectivity index (χ3v) is 4.47. The Kier molecular flexibility index (Phi) is 5.56. The van der Waals surface area contributed by atoms with Crippen molar-refractivity contribution in [1.29, 1.82) is 0 Å². The highest BCUT2D eigenvalue weighted by molar-refractivity contribution is 7.07. The van der Waals surface area contributed by atoms with E-state index in [9.17, 15) is 18.4 Å². The van der Waals surface area contributed by atoms with E-state index < -0.39 is 11.7 Å². The standard InChI is InChI=1S/C19H15F2N3O2S/c1-12(25)22-14-6-7-17(21)15(10-14)18(26)23-19-24(8-9-27-19)11-13-4-2-3-5-16(13)20/h2-10H,11H2,1H3,(H,22,25). The van der Waals surface area contributed by atoms with Crippen LogP contribution in [-0.4, -0.2) is 16.4 Å². The van der Waals surface area contributed by atoms with Crippen LogP contribution < -0.4 is 10.1 Å². The molecule has 27 heavy (non-hydrogen) atoms. The number of thiazole rings is 1. The highest BCUT2D eigenvalue weighted by Gasteiger charge is 2.13. The van der Waals surface area contributed by atoms with Crippen molar-refractivity contribution in [3.05, 3.63) is 81.6 Å². The molecule has 0 aliphatic carbocycles. The number of carbonyl (C=O) groups is 2. The number of benzene rings is 2. The van der Waals surface area contributed by atoms with Crippen molar-refractivity contribution in [2.75, 3.05) is 5.32 Å². The van der Waals surface area contributed by atoms with Gasteiger partial charge in [-0.25, -0.2) is 8.78 Å². The Bertz CT molecular complexity index is 1070. The van der Waals surface area contributed by atoms with Gasteiger partial charge in [0.1, 0.15) is 11.6 Å². The van der Waals surface area contributed by atoms with Crippen LogP contribution in [-0.2, 0) is 11.3 Å². The molecule has 0 fully saturated rings. The van der Waals surface area contributed by atoms with Crippen LogP contribution in [0.3, 0.4) is 0 Å². The molecular formula is C19H15F2N3O2S. The highest BCUT2D eigenvalue weighted by Crippen LogP contribution is 2.16. The van der Waals surface area contributed by atoms with E-state index in [1.165, 1.54) is 36.5 Å². The third-order valence-electron chi connectivity index (χ3n) is 3.67. The number of halogens is 2. The molecule has 2 aromatic carbocycles. The first kappa shape index (κ1) is 18.7. The molecule has 0 aliphatic heterocycles. The summed E-state index contributed by atoms with van der Waals surface area (Å²) in [7, 11) is 0. The Morgan fingerprint density at radius 2 is 1.93 bits per heavy atom. The van der Waals surface area contributed by atoms with Gasteiger partial charge in [0, 0.05) is 29.8 Å². The van der Waals surface area contributed by atoms with Crippen LogP contribution >= 0.6 is 11.3 Å². The van der Waals surface area contributed by atoms with Crippen LogP contribution in [0, 0.1) is 11.6 Å². The number of anilines is 1. The van der Waals surface area contributed by atoms with Crippen molar-refractivity contribution in [3.8, 4) is 0 Å². The van der Waals surface area contributed by atoms with Gasteiger partial charge < -0.3 is 9.88 Å². The van der Waals surface area contributed by atoms with Crippen LogP contribution in [0.2, 0.25) is 0 Å². The minimum absolute atomic E-state index is 0.191. The molecule has 0 radical (unpaired) electrons. The molecule has 3 aromatic rings. The van der Waals surface area contributed by atoms with Gasteiger partial charge in [-0.2, -0.15) is 4.99 Å². The summed E-state index contributed by atoms with van der Waals surface area (Å²) in [5, 5.41) is 4.20. The average Bonchev–Trinajstić information content (AvgIpc) is 3.05. The number of carbonyl (C=O) groups excluding carboxylic acids is 2. The largest absolute Gasteiger partial charge is 0.326 e. The maximum absolute atomic E-state index is 14.0. The lowest BCUT2D eigenvalue weighted by molar-refractivity contribution is -0.114. The predicted octanol–water partition coefficient (Wildman–Crippen LogP) is 3.58.